The van der Waals surface area contributed by atoms with Gasteiger partial charge in [0.25, 0.3) is 0 Å². The van der Waals surface area contributed by atoms with E-state index in [0.29, 0.717) is 5.56 Å². The van der Waals surface area contributed by atoms with Crippen LogP contribution in [-0.2, 0) is 30.5 Å². The van der Waals surface area contributed by atoms with Crippen molar-refractivity contribution in [2.24, 2.45) is 11.5 Å². The normalized spacial score (nSPS) is 14.8. The van der Waals surface area contributed by atoms with Crippen LogP contribution < -0.4 is 11.5 Å². The van der Waals surface area contributed by atoms with Gasteiger partial charge in [-0.05, 0) is 32.8 Å². The maximum absolute atomic E-state index is 12.3. The number of esters is 2. The van der Waals surface area contributed by atoms with Gasteiger partial charge in [-0.15, -0.1) is 0 Å². The van der Waals surface area contributed by atoms with E-state index < -0.39 is 35.1 Å². The number of carboxylic acid groups (broad SMARTS) is 1. The molecule has 1 aromatic carbocycles. The standard InChI is InChI=1S/C18H26N2O6/c1-17(2,3)26-14(21)10-9-13(19)18(20,15(22)23)16(24)25-11-12-7-5-4-6-8-12/h4-8,13H,9-11,19-20H2,1-3H3,(H,22,23). The van der Waals surface area contributed by atoms with Crippen molar-refractivity contribution in [2.45, 2.75) is 57.4 Å². The van der Waals surface area contributed by atoms with Gasteiger partial charge in [0.2, 0.25) is 5.54 Å². The fraction of sp³-hybridized carbons (Fsp3) is 0.500. The Morgan fingerprint density at radius 2 is 1.73 bits per heavy atom. The second kappa shape index (κ2) is 8.77. The van der Waals surface area contributed by atoms with Crippen molar-refractivity contribution < 1.29 is 29.0 Å². The largest absolute Gasteiger partial charge is 0.479 e. The molecule has 0 amide bonds. The number of hydrogen-bond donors (Lipinski definition) is 3. The van der Waals surface area contributed by atoms with Crippen LogP contribution in [0, 0.1) is 0 Å². The number of carbonyl (C=O) groups is 3. The molecule has 0 spiro atoms. The molecule has 2 unspecified atom stereocenters. The molecule has 0 bridgehead atoms. The molecular weight excluding hydrogens is 340 g/mol. The lowest BCUT2D eigenvalue weighted by Gasteiger charge is -2.29. The zero-order chi connectivity index (χ0) is 20.0. The minimum absolute atomic E-state index is 0.134. The molecule has 8 heteroatoms. The number of rotatable bonds is 8. The van der Waals surface area contributed by atoms with Gasteiger partial charge < -0.3 is 26.0 Å². The van der Waals surface area contributed by atoms with Crippen LogP contribution in [0.25, 0.3) is 0 Å². The number of carbonyl (C=O) groups excluding carboxylic acids is 2. The molecule has 8 nitrogen and oxygen atoms in total. The average molecular weight is 366 g/mol. The van der Waals surface area contributed by atoms with Crippen LogP contribution in [0.1, 0.15) is 39.2 Å². The van der Waals surface area contributed by atoms with E-state index in [0.717, 1.165) is 0 Å². The summed E-state index contributed by atoms with van der Waals surface area (Å²) in [5.74, 6) is -3.34. The third-order valence-corrected chi connectivity index (χ3v) is 3.57. The Balaban J connectivity index is 2.72. The van der Waals surface area contributed by atoms with E-state index in [1.54, 1.807) is 51.1 Å². The van der Waals surface area contributed by atoms with Gasteiger partial charge >= 0.3 is 17.9 Å². The zero-order valence-electron chi connectivity index (χ0n) is 15.2. The predicted molar refractivity (Wildman–Crippen MR) is 93.8 cm³/mol. The number of carboxylic acids is 1. The maximum atomic E-state index is 12.3. The van der Waals surface area contributed by atoms with E-state index in [9.17, 15) is 19.5 Å². The summed E-state index contributed by atoms with van der Waals surface area (Å²) in [5.41, 5.74) is 9.11. The number of benzene rings is 1. The molecule has 0 saturated carbocycles. The smallest absolute Gasteiger partial charge is 0.339 e. The van der Waals surface area contributed by atoms with Gasteiger partial charge in [0.15, 0.2) is 0 Å². The summed E-state index contributed by atoms with van der Waals surface area (Å²) in [6.07, 6.45) is -0.311. The fourth-order valence-corrected chi connectivity index (χ4v) is 2.13. The molecule has 5 N–H and O–H groups in total. The molecular formula is C18H26N2O6. The summed E-state index contributed by atoms with van der Waals surface area (Å²) < 4.78 is 10.2. The lowest BCUT2D eigenvalue weighted by molar-refractivity contribution is -0.164. The fourth-order valence-electron chi connectivity index (χ4n) is 2.13. The Labute approximate surface area is 152 Å². The molecule has 1 rings (SSSR count). The zero-order valence-corrected chi connectivity index (χ0v) is 15.2. The van der Waals surface area contributed by atoms with E-state index in [1.165, 1.54) is 0 Å². The first kappa shape index (κ1) is 21.6. The highest BCUT2D eigenvalue weighted by Crippen LogP contribution is 2.17. The van der Waals surface area contributed by atoms with Crippen molar-refractivity contribution in [3.63, 3.8) is 0 Å². The Bertz CT molecular complexity index is 641. The monoisotopic (exact) mass is 366 g/mol. The Morgan fingerprint density at radius 1 is 1.15 bits per heavy atom. The van der Waals surface area contributed by atoms with Crippen LogP contribution in [0.5, 0.6) is 0 Å². The summed E-state index contributed by atoms with van der Waals surface area (Å²) in [4.78, 5) is 35.6. The second-order valence-corrected chi connectivity index (χ2v) is 6.97. The number of aliphatic carboxylic acids is 1. The van der Waals surface area contributed by atoms with Crippen molar-refractivity contribution in [2.75, 3.05) is 0 Å². The van der Waals surface area contributed by atoms with E-state index in [4.69, 9.17) is 20.9 Å². The maximum Gasteiger partial charge on any atom is 0.339 e. The molecule has 1 aromatic rings. The van der Waals surface area contributed by atoms with E-state index in [2.05, 4.69) is 0 Å². The van der Waals surface area contributed by atoms with Gasteiger partial charge in [0, 0.05) is 12.5 Å². The highest BCUT2D eigenvalue weighted by molar-refractivity contribution is 6.04. The molecule has 0 aliphatic rings. The molecule has 144 valence electrons. The minimum atomic E-state index is -2.46. The molecule has 26 heavy (non-hydrogen) atoms. The summed E-state index contributed by atoms with van der Waals surface area (Å²) >= 11 is 0. The van der Waals surface area contributed by atoms with Crippen molar-refractivity contribution in [1.29, 1.82) is 0 Å². The van der Waals surface area contributed by atoms with Gasteiger partial charge in [-0.25, -0.2) is 9.59 Å². The van der Waals surface area contributed by atoms with Crippen LogP contribution in [0.15, 0.2) is 30.3 Å². The number of nitrogens with two attached hydrogens (primary N) is 2. The van der Waals surface area contributed by atoms with Crippen molar-refractivity contribution in [3.05, 3.63) is 35.9 Å². The summed E-state index contributed by atoms with van der Waals surface area (Å²) in [5, 5.41) is 9.40. The molecule has 2 atom stereocenters. The highest BCUT2D eigenvalue weighted by Gasteiger charge is 2.49. The molecule has 0 radical (unpaired) electrons. The summed E-state index contributed by atoms with van der Waals surface area (Å²) in [6.45, 7) is 4.98. The van der Waals surface area contributed by atoms with Crippen LogP contribution in [0.4, 0.5) is 0 Å². The highest BCUT2D eigenvalue weighted by atomic mass is 16.6. The van der Waals surface area contributed by atoms with Gasteiger partial charge in [-0.2, -0.15) is 0 Å². The van der Waals surface area contributed by atoms with E-state index in [1.807, 2.05) is 0 Å². The third kappa shape index (κ3) is 6.12. The van der Waals surface area contributed by atoms with Crippen LogP contribution >= 0.6 is 0 Å². The van der Waals surface area contributed by atoms with Gasteiger partial charge in [-0.1, -0.05) is 30.3 Å². The van der Waals surface area contributed by atoms with Crippen molar-refractivity contribution >= 4 is 17.9 Å². The van der Waals surface area contributed by atoms with Crippen LogP contribution in [-0.4, -0.2) is 40.2 Å². The Hall–Kier alpha value is -2.45. The Kier molecular flexibility index (Phi) is 7.29. The van der Waals surface area contributed by atoms with Crippen LogP contribution in [0.3, 0.4) is 0 Å². The van der Waals surface area contributed by atoms with Gasteiger partial charge in [-0.3, -0.25) is 4.79 Å². The van der Waals surface area contributed by atoms with E-state index >= 15 is 0 Å². The first-order valence-electron chi connectivity index (χ1n) is 8.17. The molecule has 0 aliphatic heterocycles. The molecule has 0 heterocycles. The third-order valence-electron chi connectivity index (χ3n) is 3.57. The first-order chi connectivity index (χ1) is 12.0. The predicted octanol–water partition coefficient (Wildman–Crippen LogP) is 0.961. The SMILES string of the molecule is CC(C)(C)OC(=O)CCC(N)C(N)(C(=O)O)C(=O)OCc1ccccc1. The van der Waals surface area contributed by atoms with Crippen molar-refractivity contribution in [3.8, 4) is 0 Å². The number of hydrogen-bond acceptors (Lipinski definition) is 7. The molecule has 0 saturated heterocycles. The lowest BCUT2D eigenvalue weighted by atomic mass is 9.88. The molecule has 0 fully saturated rings. The average Bonchev–Trinajstić information content (AvgIpc) is 2.55. The second-order valence-electron chi connectivity index (χ2n) is 6.97. The topological polar surface area (TPSA) is 142 Å². The van der Waals surface area contributed by atoms with E-state index in [-0.39, 0.29) is 19.4 Å². The first-order valence-corrected chi connectivity index (χ1v) is 8.17. The van der Waals surface area contributed by atoms with Crippen molar-refractivity contribution in [1.82, 2.24) is 0 Å². The summed E-state index contributed by atoms with van der Waals surface area (Å²) in [6, 6.07) is 7.41. The minimum Gasteiger partial charge on any atom is -0.479 e. The quantitative estimate of drug-likeness (QED) is 0.456. The lowest BCUT2D eigenvalue weighted by Crippen LogP contribution is -2.66. The number of ether oxygens (including phenoxy) is 2. The van der Waals surface area contributed by atoms with Gasteiger partial charge in [0.1, 0.15) is 12.2 Å². The Morgan fingerprint density at radius 3 is 2.23 bits per heavy atom. The van der Waals surface area contributed by atoms with Crippen LogP contribution in [0.2, 0.25) is 0 Å². The molecule has 0 aliphatic carbocycles. The summed E-state index contributed by atoms with van der Waals surface area (Å²) in [7, 11) is 0. The van der Waals surface area contributed by atoms with Gasteiger partial charge in [0.05, 0.1) is 0 Å². The molecule has 0 aromatic heterocycles.